The van der Waals surface area contributed by atoms with Crippen molar-refractivity contribution in [2.24, 2.45) is 0 Å². The van der Waals surface area contributed by atoms with E-state index < -0.39 is 0 Å². The topological polar surface area (TPSA) is 30.0 Å². The average molecular weight is 207 g/mol. The van der Waals surface area contributed by atoms with E-state index in [1.54, 1.807) is 12.1 Å². The molecule has 0 atom stereocenters. The number of aldehydes is 1. The molecule has 0 amide bonds. The normalized spacial score (nSPS) is 9.00. The van der Waals surface area contributed by atoms with E-state index >= 15 is 0 Å². The van der Waals surface area contributed by atoms with Crippen molar-refractivity contribution in [2.75, 3.05) is 0 Å². The molecular formula is C14H9NO. The molecule has 2 nitrogen and oxygen atoms in total. The summed E-state index contributed by atoms with van der Waals surface area (Å²) in [5, 5.41) is 0. The lowest BCUT2D eigenvalue weighted by molar-refractivity contribution is 0.112. The van der Waals surface area contributed by atoms with E-state index in [-0.39, 0.29) is 0 Å². The Labute approximate surface area is 94.0 Å². The molecule has 0 aliphatic carbocycles. The van der Waals surface area contributed by atoms with Crippen molar-refractivity contribution in [3.63, 3.8) is 0 Å². The van der Waals surface area contributed by atoms with Crippen LogP contribution in [0.5, 0.6) is 0 Å². The molecule has 0 saturated carbocycles. The summed E-state index contributed by atoms with van der Waals surface area (Å²) in [5.74, 6) is 5.93. The lowest BCUT2D eigenvalue weighted by Crippen LogP contribution is -1.85. The first-order valence-electron chi connectivity index (χ1n) is 4.87. The second-order valence-corrected chi connectivity index (χ2v) is 3.21. The Morgan fingerprint density at radius 2 is 1.81 bits per heavy atom. The number of hydrogen-bond acceptors (Lipinski definition) is 2. The lowest BCUT2D eigenvalue weighted by Gasteiger charge is -1.90. The van der Waals surface area contributed by atoms with Gasteiger partial charge in [0.2, 0.25) is 0 Å². The SMILES string of the molecule is O=Cc1ccc(C#Cc2ccccc2)nc1. The Morgan fingerprint density at radius 1 is 1.00 bits per heavy atom. The highest BCUT2D eigenvalue weighted by Crippen LogP contribution is 1.98. The van der Waals surface area contributed by atoms with Gasteiger partial charge in [0, 0.05) is 17.3 Å². The number of aromatic nitrogens is 1. The highest BCUT2D eigenvalue weighted by Gasteiger charge is 1.90. The smallest absolute Gasteiger partial charge is 0.151 e. The monoisotopic (exact) mass is 207 g/mol. The Balaban J connectivity index is 2.21. The van der Waals surface area contributed by atoms with Gasteiger partial charge in [-0.2, -0.15) is 0 Å². The second kappa shape index (κ2) is 4.90. The quantitative estimate of drug-likeness (QED) is 0.530. The number of pyridine rings is 1. The first-order chi connectivity index (χ1) is 7.88. The Hall–Kier alpha value is -2.40. The maximum atomic E-state index is 10.4. The van der Waals surface area contributed by atoms with E-state index in [4.69, 9.17) is 0 Å². The number of nitrogens with zero attached hydrogens (tertiary/aromatic N) is 1. The van der Waals surface area contributed by atoms with Crippen LogP contribution in [0.4, 0.5) is 0 Å². The zero-order valence-corrected chi connectivity index (χ0v) is 8.55. The van der Waals surface area contributed by atoms with Crippen LogP contribution < -0.4 is 0 Å². The molecular weight excluding hydrogens is 198 g/mol. The molecule has 2 aromatic rings. The molecule has 0 aliphatic rings. The third-order valence-electron chi connectivity index (χ3n) is 2.03. The Morgan fingerprint density at radius 3 is 2.44 bits per heavy atom. The summed E-state index contributed by atoms with van der Waals surface area (Å²) < 4.78 is 0. The Kier molecular flexibility index (Phi) is 3.10. The molecule has 2 rings (SSSR count). The molecule has 0 fully saturated rings. The second-order valence-electron chi connectivity index (χ2n) is 3.21. The summed E-state index contributed by atoms with van der Waals surface area (Å²) in [6.07, 6.45) is 2.28. The molecule has 16 heavy (non-hydrogen) atoms. The highest BCUT2D eigenvalue weighted by atomic mass is 16.1. The van der Waals surface area contributed by atoms with Gasteiger partial charge in [-0.05, 0) is 30.2 Å². The van der Waals surface area contributed by atoms with Gasteiger partial charge in [0.25, 0.3) is 0 Å². The molecule has 0 aliphatic heterocycles. The van der Waals surface area contributed by atoms with Crippen molar-refractivity contribution in [3.05, 3.63) is 65.5 Å². The largest absolute Gasteiger partial charge is 0.298 e. The predicted octanol–water partition coefficient (Wildman–Crippen LogP) is 2.29. The van der Waals surface area contributed by atoms with Crippen molar-refractivity contribution in [1.29, 1.82) is 0 Å². The summed E-state index contributed by atoms with van der Waals surface area (Å²) in [6.45, 7) is 0. The first-order valence-corrected chi connectivity index (χ1v) is 4.87. The summed E-state index contributed by atoms with van der Waals surface area (Å²) in [5.41, 5.74) is 2.17. The van der Waals surface area contributed by atoms with E-state index in [1.807, 2.05) is 30.3 Å². The van der Waals surface area contributed by atoms with Crippen LogP contribution in [0.1, 0.15) is 21.6 Å². The number of benzene rings is 1. The molecule has 0 saturated heterocycles. The van der Waals surface area contributed by atoms with Crippen LogP contribution >= 0.6 is 0 Å². The van der Waals surface area contributed by atoms with Crippen molar-refractivity contribution in [1.82, 2.24) is 4.98 Å². The molecule has 2 heteroatoms. The lowest BCUT2D eigenvalue weighted by atomic mass is 10.2. The van der Waals surface area contributed by atoms with Crippen LogP contribution in [0.2, 0.25) is 0 Å². The van der Waals surface area contributed by atoms with Crippen LogP contribution in [0, 0.1) is 11.8 Å². The van der Waals surface area contributed by atoms with Crippen molar-refractivity contribution in [3.8, 4) is 11.8 Å². The fourth-order valence-electron chi connectivity index (χ4n) is 1.21. The maximum absolute atomic E-state index is 10.4. The number of rotatable bonds is 1. The molecule has 76 valence electrons. The van der Waals surface area contributed by atoms with Crippen molar-refractivity contribution >= 4 is 6.29 Å². The molecule has 1 heterocycles. The maximum Gasteiger partial charge on any atom is 0.151 e. The summed E-state index contributed by atoms with van der Waals surface area (Å²) in [7, 11) is 0. The van der Waals surface area contributed by atoms with Gasteiger partial charge < -0.3 is 0 Å². The molecule has 0 bridgehead atoms. The van der Waals surface area contributed by atoms with E-state index in [1.165, 1.54) is 6.20 Å². The van der Waals surface area contributed by atoms with Gasteiger partial charge in [-0.1, -0.05) is 24.1 Å². The minimum Gasteiger partial charge on any atom is -0.298 e. The van der Waals surface area contributed by atoms with E-state index in [0.29, 0.717) is 11.3 Å². The summed E-state index contributed by atoms with van der Waals surface area (Å²) in [6, 6.07) is 13.1. The molecule has 0 unspecified atom stereocenters. The van der Waals surface area contributed by atoms with Gasteiger partial charge in [-0.25, -0.2) is 4.98 Å². The minimum absolute atomic E-state index is 0.560. The van der Waals surface area contributed by atoms with E-state index in [9.17, 15) is 4.79 Å². The zero-order chi connectivity index (χ0) is 11.2. The molecule has 0 radical (unpaired) electrons. The van der Waals surface area contributed by atoms with Gasteiger partial charge in [0.1, 0.15) is 5.69 Å². The first kappa shape index (κ1) is 10.1. The van der Waals surface area contributed by atoms with Gasteiger partial charge in [0.15, 0.2) is 6.29 Å². The van der Waals surface area contributed by atoms with Crippen molar-refractivity contribution in [2.45, 2.75) is 0 Å². The molecule has 1 aromatic carbocycles. The van der Waals surface area contributed by atoms with Crippen molar-refractivity contribution < 1.29 is 4.79 Å². The van der Waals surface area contributed by atoms with Crippen LogP contribution in [-0.2, 0) is 0 Å². The standard InChI is InChI=1S/C14H9NO/c16-11-13-7-9-14(15-10-13)8-6-12-4-2-1-3-5-12/h1-5,7,9-11H. The minimum atomic E-state index is 0.560. The third-order valence-corrected chi connectivity index (χ3v) is 2.03. The zero-order valence-electron chi connectivity index (χ0n) is 8.55. The van der Waals surface area contributed by atoms with Gasteiger partial charge in [-0.15, -0.1) is 0 Å². The number of carbonyl (C=O) groups is 1. The van der Waals surface area contributed by atoms with Crippen LogP contribution in [-0.4, -0.2) is 11.3 Å². The van der Waals surface area contributed by atoms with Gasteiger partial charge in [-0.3, -0.25) is 4.79 Å². The van der Waals surface area contributed by atoms with Crippen LogP contribution in [0.25, 0.3) is 0 Å². The Bertz CT molecular complexity index is 532. The number of carbonyl (C=O) groups excluding carboxylic acids is 1. The van der Waals surface area contributed by atoms with Crippen LogP contribution in [0.15, 0.2) is 48.7 Å². The average Bonchev–Trinajstić information content (AvgIpc) is 2.38. The summed E-state index contributed by atoms with van der Waals surface area (Å²) in [4.78, 5) is 14.5. The highest BCUT2D eigenvalue weighted by molar-refractivity contribution is 5.74. The molecule has 1 aromatic heterocycles. The molecule has 0 spiro atoms. The third kappa shape index (κ3) is 2.55. The number of hydrogen-bond donors (Lipinski definition) is 0. The van der Waals surface area contributed by atoms with E-state index in [0.717, 1.165) is 11.8 Å². The summed E-state index contributed by atoms with van der Waals surface area (Å²) >= 11 is 0. The predicted molar refractivity (Wildman–Crippen MR) is 62.0 cm³/mol. The fourth-order valence-corrected chi connectivity index (χ4v) is 1.21. The van der Waals surface area contributed by atoms with Gasteiger partial charge >= 0.3 is 0 Å². The van der Waals surface area contributed by atoms with E-state index in [2.05, 4.69) is 16.8 Å². The fraction of sp³-hybridized carbons (Fsp3) is 0. The molecule has 0 N–H and O–H groups in total. The van der Waals surface area contributed by atoms with Crippen LogP contribution in [0.3, 0.4) is 0 Å². The van der Waals surface area contributed by atoms with Gasteiger partial charge in [0.05, 0.1) is 0 Å².